The fourth-order valence-corrected chi connectivity index (χ4v) is 3.63. The Balaban J connectivity index is 0.00000196. The van der Waals surface area contributed by atoms with Crippen molar-refractivity contribution in [1.29, 1.82) is 0 Å². The summed E-state index contributed by atoms with van der Waals surface area (Å²) in [4.78, 5) is 9.00. The third-order valence-corrected chi connectivity index (χ3v) is 4.84. The van der Waals surface area contributed by atoms with Gasteiger partial charge in [-0.25, -0.2) is 4.98 Å². The van der Waals surface area contributed by atoms with Crippen LogP contribution in [0.3, 0.4) is 0 Å². The third-order valence-electron chi connectivity index (χ3n) is 4.84. The first-order valence-electron chi connectivity index (χ1n) is 9.30. The normalized spacial score (nSPS) is 15.4. The van der Waals surface area contributed by atoms with Crippen LogP contribution < -0.4 is 9.64 Å². The van der Waals surface area contributed by atoms with E-state index < -0.39 is 6.10 Å². The molecule has 1 aliphatic heterocycles. The number of aromatic nitrogens is 1. The van der Waals surface area contributed by atoms with Crippen molar-refractivity contribution >= 4 is 30.6 Å². The van der Waals surface area contributed by atoms with E-state index in [1.165, 1.54) is 5.56 Å². The number of β-amino-alcohol motifs (C(OH)–C–C–N with tert-alkyl or cyclic N) is 1. The minimum absolute atomic E-state index is 0. The number of nitrogens with zero attached hydrogens (tertiary/aromatic N) is 3. The smallest absolute Gasteiger partial charge is 0.128 e. The van der Waals surface area contributed by atoms with E-state index in [0.29, 0.717) is 13.2 Å². The number of anilines is 1. The number of piperazine rings is 1. The minimum atomic E-state index is -0.489. The number of pyridine rings is 1. The number of halogens is 2. The largest absolute Gasteiger partial charge is 0.490 e. The van der Waals surface area contributed by atoms with Crippen molar-refractivity contribution in [3.8, 4) is 5.75 Å². The van der Waals surface area contributed by atoms with Crippen LogP contribution in [0, 0.1) is 20.8 Å². The second kappa shape index (κ2) is 11.5. The second-order valence-corrected chi connectivity index (χ2v) is 7.17. The van der Waals surface area contributed by atoms with Crippen LogP contribution in [0.5, 0.6) is 5.75 Å². The number of aliphatic hydroxyl groups excluding tert-OH is 1. The Labute approximate surface area is 180 Å². The first kappa shape index (κ1) is 24.5. The maximum atomic E-state index is 10.4. The summed E-state index contributed by atoms with van der Waals surface area (Å²) in [6, 6.07) is 10.2. The molecular formula is C21H31Cl2N3O2. The molecule has 7 heteroatoms. The second-order valence-electron chi connectivity index (χ2n) is 7.17. The monoisotopic (exact) mass is 427 g/mol. The van der Waals surface area contributed by atoms with Crippen LogP contribution in [-0.2, 0) is 0 Å². The number of ether oxygens (including phenoxy) is 1. The summed E-state index contributed by atoms with van der Waals surface area (Å²) in [5.74, 6) is 1.93. The van der Waals surface area contributed by atoms with Crippen LogP contribution in [0.15, 0.2) is 36.5 Å². The summed E-state index contributed by atoms with van der Waals surface area (Å²) < 4.78 is 5.92. The van der Waals surface area contributed by atoms with Crippen molar-refractivity contribution in [2.75, 3.05) is 44.2 Å². The molecule has 1 aliphatic rings. The molecule has 1 fully saturated rings. The molecule has 2 aromatic rings. The summed E-state index contributed by atoms with van der Waals surface area (Å²) in [6.07, 6.45) is 1.34. The van der Waals surface area contributed by atoms with Gasteiger partial charge in [0.2, 0.25) is 0 Å². The highest BCUT2D eigenvalue weighted by Gasteiger charge is 2.20. The van der Waals surface area contributed by atoms with Crippen LogP contribution in [0.1, 0.15) is 16.7 Å². The van der Waals surface area contributed by atoms with E-state index in [0.717, 1.165) is 48.9 Å². The summed E-state index contributed by atoms with van der Waals surface area (Å²) >= 11 is 0. The van der Waals surface area contributed by atoms with E-state index in [-0.39, 0.29) is 24.8 Å². The Kier molecular flexibility index (Phi) is 10.0. The third kappa shape index (κ3) is 6.52. The Morgan fingerprint density at radius 2 is 1.68 bits per heavy atom. The molecule has 3 rings (SSSR count). The van der Waals surface area contributed by atoms with Crippen LogP contribution in [0.25, 0.3) is 0 Å². The molecule has 0 radical (unpaired) electrons. The summed E-state index contributed by atoms with van der Waals surface area (Å²) in [6.45, 7) is 10.9. The molecule has 1 unspecified atom stereocenters. The van der Waals surface area contributed by atoms with E-state index in [1.807, 2.05) is 24.4 Å². The summed E-state index contributed by atoms with van der Waals surface area (Å²) in [5.41, 5.74) is 3.48. The zero-order chi connectivity index (χ0) is 18.5. The van der Waals surface area contributed by atoms with Gasteiger partial charge in [-0.2, -0.15) is 0 Å². The Bertz CT molecular complexity index is 700. The maximum absolute atomic E-state index is 10.4. The molecule has 1 saturated heterocycles. The average Bonchev–Trinajstić information content (AvgIpc) is 2.62. The zero-order valence-electron chi connectivity index (χ0n) is 16.8. The van der Waals surface area contributed by atoms with Crippen molar-refractivity contribution < 1.29 is 9.84 Å². The summed E-state index contributed by atoms with van der Waals surface area (Å²) in [5, 5.41) is 10.4. The van der Waals surface area contributed by atoms with E-state index in [1.54, 1.807) is 0 Å². The van der Waals surface area contributed by atoms with Gasteiger partial charge in [0.25, 0.3) is 0 Å². The fraction of sp³-hybridized carbons (Fsp3) is 0.476. The molecule has 0 aliphatic carbocycles. The van der Waals surface area contributed by atoms with Gasteiger partial charge in [-0.15, -0.1) is 24.8 Å². The molecular weight excluding hydrogens is 397 g/mol. The molecule has 1 aromatic carbocycles. The van der Waals surface area contributed by atoms with Crippen LogP contribution >= 0.6 is 24.8 Å². The summed E-state index contributed by atoms with van der Waals surface area (Å²) in [7, 11) is 0. The van der Waals surface area contributed by atoms with E-state index in [2.05, 4.69) is 47.7 Å². The van der Waals surface area contributed by atoms with Gasteiger partial charge in [-0.05, 0) is 44.0 Å². The highest BCUT2D eigenvalue weighted by atomic mass is 35.5. The van der Waals surface area contributed by atoms with Gasteiger partial charge < -0.3 is 14.7 Å². The minimum Gasteiger partial charge on any atom is -0.490 e. The lowest BCUT2D eigenvalue weighted by Crippen LogP contribution is -2.49. The maximum Gasteiger partial charge on any atom is 0.128 e. The fourth-order valence-electron chi connectivity index (χ4n) is 3.63. The molecule has 0 bridgehead atoms. The number of aryl methyl sites for hydroxylation is 3. The lowest BCUT2D eigenvalue weighted by Gasteiger charge is -2.36. The standard InChI is InChI=1S/C21H29N3O2.2ClH/c1-16-12-17(2)21(18(3)13-16)26-15-19(25)14-23-8-10-24(11-9-23)20-6-4-5-7-22-20;;/h4-7,12-13,19,25H,8-11,14-15H2,1-3H3;2*1H. The van der Waals surface area contributed by atoms with Crippen molar-refractivity contribution in [3.05, 3.63) is 53.2 Å². The van der Waals surface area contributed by atoms with E-state index in [9.17, 15) is 5.11 Å². The van der Waals surface area contributed by atoms with Gasteiger partial charge >= 0.3 is 0 Å². The van der Waals surface area contributed by atoms with Crippen molar-refractivity contribution in [1.82, 2.24) is 9.88 Å². The van der Waals surface area contributed by atoms with Crippen LogP contribution in [0.4, 0.5) is 5.82 Å². The van der Waals surface area contributed by atoms with Gasteiger partial charge in [0, 0.05) is 38.9 Å². The first-order valence-corrected chi connectivity index (χ1v) is 9.30. The van der Waals surface area contributed by atoms with Crippen molar-refractivity contribution in [2.24, 2.45) is 0 Å². The molecule has 156 valence electrons. The molecule has 2 heterocycles. The van der Waals surface area contributed by atoms with E-state index in [4.69, 9.17) is 4.74 Å². The molecule has 1 N–H and O–H groups in total. The molecule has 1 aromatic heterocycles. The number of benzene rings is 1. The molecule has 0 amide bonds. The lowest BCUT2D eigenvalue weighted by molar-refractivity contribution is 0.0658. The highest BCUT2D eigenvalue weighted by molar-refractivity contribution is 5.85. The Hall–Kier alpha value is -1.53. The quantitative estimate of drug-likeness (QED) is 0.764. The number of hydrogen-bond donors (Lipinski definition) is 1. The predicted molar refractivity (Wildman–Crippen MR) is 120 cm³/mol. The van der Waals surface area contributed by atoms with Gasteiger partial charge in [-0.3, -0.25) is 4.90 Å². The topological polar surface area (TPSA) is 48.8 Å². The van der Waals surface area contributed by atoms with Gasteiger partial charge in [0.05, 0.1) is 0 Å². The highest BCUT2D eigenvalue weighted by Crippen LogP contribution is 2.24. The van der Waals surface area contributed by atoms with Gasteiger partial charge in [-0.1, -0.05) is 23.8 Å². The van der Waals surface area contributed by atoms with Gasteiger partial charge in [0.15, 0.2) is 0 Å². The Morgan fingerprint density at radius 3 is 2.25 bits per heavy atom. The lowest BCUT2D eigenvalue weighted by atomic mass is 10.1. The van der Waals surface area contributed by atoms with Crippen molar-refractivity contribution in [3.63, 3.8) is 0 Å². The number of rotatable bonds is 6. The molecule has 0 saturated carbocycles. The van der Waals surface area contributed by atoms with Gasteiger partial charge in [0.1, 0.15) is 24.3 Å². The van der Waals surface area contributed by atoms with Crippen LogP contribution in [-0.4, -0.2) is 60.4 Å². The SMILES string of the molecule is Cc1cc(C)c(OCC(O)CN2CCN(c3ccccn3)CC2)c(C)c1.Cl.Cl. The molecule has 5 nitrogen and oxygen atoms in total. The first-order chi connectivity index (χ1) is 12.5. The molecule has 28 heavy (non-hydrogen) atoms. The van der Waals surface area contributed by atoms with Crippen molar-refractivity contribution in [2.45, 2.75) is 26.9 Å². The predicted octanol–water partition coefficient (Wildman–Crippen LogP) is 3.41. The van der Waals surface area contributed by atoms with E-state index >= 15 is 0 Å². The number of hydrogen-bond acceptors (Lipinski definition) is 5. The number of aliphatic hydroxyl groups is 1. The van der Waals surface area contributed by atoms with Crippen LogP contribution in [0.2, 0.25) is 0 Å². The molecule has 1 atom stereocenters. The molecule has 0 spiro atoms. The zero-order valence-corrected chi connectivity index (χ0v) is 18.4. The average molecular weight is 428 g/mol. The Morgan fingerprint density at radius 1 is 1.04 bits per heavy atom.